The summed E-state index contributed by atoms with van der Waals surface area (Å²) in [4.78, 5) is 12.0. The number of hydrogen-bond acceptors (Lipinski definition) is 4. The fourth-order valence-electron chi connectivity index (χ4n) is 2.60. The molecular weight excluding hydrogens is 282 g/mol. The number of hydrogen-bond donors (Lipinski definition) is 1. The van der Waals surface area contributed by atoms with E-state index in [9.17, 15) is 4.79 Å². The number of carbonyl (C=O) groups is 1. The molecule has 5 nitrogen and oxygen atoms in total. The van der Waals surface area contributed by atoms with E-state index >= 15 is 0 Å². The maximum absolute atomic E-state index is 12.0. The van der Waals surface area contributed by atoms with E-state index in [4.69, 9.17) is 14.2 Å². The molecule has 2 rings (SSSR count). The van der Waals surface area contributed by atoms with E-state index in [1.807, 2.05) is 18.2 Å². The van der Waals surface area contributed by atoms with E-state index in [1.165, 1.54) is 0 Å². The molecule has 1 fully saturated rings. The van der Waals surface area contributed by atoms with Crippen molar-refractivity contribution in [2.45, 2.75) is 31.9 Å². The summed E-state index contributed by atoms with van der Waals surface area (Å²) in [5.74, 6) is 1.30. The van der Waals surface area contributed by atoms with Crippen molar-refractivity contribution in [3.63, 3.8) is 0 Å². The Labute approximate surface area is 131 Å². The largest absolute Gasteiger partial charge is 0.493 e. The Bertz CT molecular complexity index is 536. The van der Waals surface area contributed by atoms with Crippen LogP contribution in [0, 0.1) is 0 Å². The third-order valence-electron chi connectivity index (χ3n) is 3.67. The van der Waals surface area contributed by atoms with Crippen LogP contribution >= 0.6 is 0 Å². The number of allylic oxidation sites excluding steroid dienone is 1. The molecule has 1 aromatic carbocycles. The second kappa shape index (κ2) is 7.84. The lowest BCUT2D eigenvalue weighted by Crippen LogP contribution is -2.33. The molecule has 1 atom stereocenters. The second-order valence-electron chi connectivity index (χ2n) is 5.20. The van der Waals surface area contributed by atoms with Gasteiger partial charge in [0.2, 0.25) is 5.91 Å². The summed E-state index contributed by atoms with van der Waals surface area (Å²) in [5, 5.41) is 2.91. The van der Waals surface area contributed by atoms with Gasteiger partial charge in [0, 0.05) is 18.7 Å². The number of nitrogens with one attached hydrogen (secondary N) is 1. The average molecular weight is 305 g/mol. The molecule has 22 heavy (non-hydrogen) atoms. The van der Waals surface area contributed by atoms with Crippen LogP contribution < -0.4 is 14.8 Å². The van der Waals surface area contributed by atoms with Crippen molar-refractivity contribution < 1.29 is 19.0 Å². The van der Waals surface area contributed by atoms with Crippen molar-refractivity contribution in [2.24, 2.45) is 0 Å². The summed E-state index contributed by atoms with van der Waals surface area (Å²) < 4.78 is 16.2. The molecule has 0 spiro atoms. The summed E-state index contributed by atoms with van der Waals surface area (Å²) in [6.07, 6.45) is 3.91. The third-order valence-corrected chi connectivity index (χ3v) is 3.67. The molecule has 0 aromatic heterocycles. The van der Waals surface area contributed by atoms with Crippen molar-refractivity contribution in [3.05, 3.63) is 35.9 Å². The highest BCUT2D eigenvalue weighted by Crippen LogP contribution is 2.33. The molecular formula is C17H23NO4. The molecule has 120 valence electrons. The van der Waals surface area contributed by atoms with Crippen LogP contribution in [0.15, 0.2) is 24.8 Å². The van der Waals surface area contributed by atoms with Crippen molar-refractivity contribution in [1.82, 2.24) is 5.32 Å². The van der Waals surface area contributed by atoms with Gasteiger partial charge in [-0.25, -0.2) is 0 Å². The molecule has 0 radical (unpaired) electrons. The van der Waals surface area contributed by atoms with Crippen LogP contribution in [0.4, 0.5) is 0 Å². The average Bonchev–Trinajstić information content (AvgIpc) is 3.06. The van der Waals surface area contributed by atoms with E-state index < -0.39 is 0 Å². The van der Waals surface area contributed by atoms with Crippen LogP contribution in [0.5, 0.6) is 11.5 Å². The van der Waals surface area contributed by atoms with Crippen LogP contribution in [0.2, 0.25) is 0 Å². The van der Waals surface area contributed by atoms with E-state index in [-0.39, 0.29) is 12.0 Å². The Morgan fingerprint density at radius 2 is 2.27 bits per heavy atom. The van der Waals surface area contributed by atoms with E-state index in [1.54, 1.807) is 14.2 Å². The smallest absolute Gasteiger partial charge is 0.249 e. The zero-order chi connectivity index (χ0) is 15.9. The van der Waals surface area contributed by atoms with Gasteiger partial charge in [0.05, 0.1) is 14.2 Å². The molecule has 1 heterocycles. The Morgan fingerprint density at radius 1 is 1.45 bits per heavy atom. The molecule has 0 unspecified atom stereocenters. The molecule has 5 heteroatoms. The van der Waals surface area contributed by atoms with E-state index in [0.717, 1.165) is 24.0 Å². The minimum absolute atomic E-state index is 0.0578. The Hall–Kier alpha value is -2.01. The highest BCUT2D eigenvalue weighted by Gasteiger charge is 2.23. The zero-order valence-electron chi connectivity index (χ0n) is 13.2. The van der Waals surface area contributed by atoms with E-state index in [0.29, 0.717) is 31.1 Å². The van der Waals surface area contributed by atoms with Crippen molar-refractivity contribution in [1.29, 1.82) is 0 Å². The summed E-state index contributed by atoms with van der Waals surface area (Å²) in [6, 6.07) is 3.88. The summed E-state index contributed by atoms with van der Waals surface area (Å²) >= 11 is 0. The predicted octanol–water partition coefficient (Wildman–Crippen LogP) is 2.23. The first-order valence-corrected chi connectivity index (χ1v) is 7.43. The van der Waals surface area contributed by atoms with Gasteiger partial charge < -0.3 is 19.5 Å². The lowest BCUT2D eigenvalue weighted by Gasteiger charge is -2.15. The Morgan fingerprint density at radius 3 is 2.86 bits per heavy atom. The number of rotatable bonds is 7. The van der Waals surface area contributed by atoms with Crippen molar-refractivity contribution >= 4 is 5.91 Å². The van der Waals surface area contributed by atoms with Gasteiger partial charge in [0.25, 0.3) is 0 Å². The molecule has 0 aliphatic carbocycles. The number of ether oxygens (including phenoxy) is 3. The zero-order valence-corrected chi connectivity index (χ0v) is 13.2. The van der Waals surface area contributed by atoms with Crippen molar-refractivity contribution in [3.8, 4) is 11.5 Å². The quantitative estimate of drug-likeness (QED) is 0.785. The maximum Gasteiger partial charge on any atom is 0.249 e. The van der Waals surface area contributed by atoms with Crippen LogP contribution in [-0.4, -0.2) is 32.8 Å². The van der Waals surface area contributed by atoms with Gasteiger partial charge in [0.15, 0.2) is 11.5 Å². The number of benzene rings is 1. The van der Waals surface area contributed by atoms with Gasteiger partial charge in [-0.15, -0.1) is 6.58 Å². The van der Waals surface area contributed by atoms with Gasteiger partial charge in [0.1, 0.15) is 6.10 Å². The molecule has 1 saturated heterocycles. The monoisotopic (exact) mass is 305 g/mol. The van der Waals surface area contributed by atoms with Crippen molar-refractivity contribution in [2.75, 3.05) is 20.8 Å². The summed E-state index contributed by atoms with van der Waals surface area (Å²) in [6.45, 7) is 4.86. The molecule has 1 N–H and O–H groups in total. The van der Waals surface area contributed by atoms with Gasteiger partial charge in [-0.3, -0.25) is 4.79 Å². The first-order valence-electron chi connectivity index (χ1n) is 7.43. The number of methoxy groups -OCH3 is 2. The van der Waals surface area contributed by atoms with Crippen LogP contribution in [0.1, 0.15) is 24.0 Å². The SMILES string of the molecule is C=CCc1cc(CNC(=O)[C@@H]2CCCO2)cc(OC)c1OC. The van der Waals surface area contributed by atoms with Crippen LogP contribution in [-0.2, 0) is 22.5 Å². The minimum atomic E-state index is -0.312. The van der Waals surface area contributed by atoms with Crippen LogP contribution in [0.25, 0.3) is 0 Å². The Kier molecular flexibility index (Phi) is 5.83. The normalized spacial score (nSPS) is 17.1. The lowest BCUT2D eigenvalue weighted by molar-refractivity contribution is -0.130. The number of carbonyl (C=O) groups excluding carboxylic acids is 1. The highest BCUT2D eigenvalue weighted by atomic mass is 16.5. The molecule has 0 bridgehead atoms. The Balaban J connectivity index is 2.10. The molecule has 1 aromatic rings. The first-order chi connectivity index (χ1) is 10.7. The molecule has 1 aliphatic heterocycles. The van der Waals surface area contributed by atoms with Gasteiger partial charge >= 0.3 is 0 Å². The van der Waals surface area contributed by atoms with Gasteiger partial charge in [-0.2, -0.15) is 0 Å². The van der Waals surface area contributed by atoms with Crippen LogP contribution in [0.3, 0.4) is 0 Å². The molecule has 1 amide bonds. The first kappa shape index (κ1) is 16.4. The van der Waals surface area contributed by atoms with Gasteiger partial charge in [-0.1, -0.05) is 6.08 Å². The van der Waals surface area contributed by atoms with E-state index in [2.05, 4.69) is 11.9 Å². The fourth-order valence-corrected chi connectivity index (χ4v) is 2.60. The second-order valence-corrected chi connectivity index (χ2v) is 5.20. The number of amides is 1. The summed E-state index contributed by atoms with van der Waals surface area (Å²) in [5.41, 5.74) is 1.94. The maximum atomic E-state index is 12.0. The standard InChI is InChI=1S/C17H23NO4/c1-4-6-13-9-12(10-15(20-2)16(13)21-3)11-18-17(19)14-7-5-8-22-14/h4,9-10,14H,1,5-8,11H2,2-3H3,(H,18,19)/t14-/m0/s1. The topological polar surface area (TPSA) is 56.8 Å². The molecule has 1 aliphatic rings. The molecule has 0 saturated carbocycles. The summed E-state index contributed by atoms with van der Waals surface area (Å²) in [7, 11) is 3.22. The predicted molar refractivity (Wildman–Crippen MR) is 84.3 cm³/mol. The lowest BCUT2D eigenvalue weighted by atomic mass is 10.1. The third kappa shape index (κ3) is 3.80. The minimum Gasteiger partial charge on any atom is -0.493 e. The van der Waals surface area contributed by atoms with Gasteiger partial charge in [-0.05, 0) is 37.0 Å². The fraction of sp³-hybridized carbons (Fsp3) is 0.471. The highest BCUT2D eigenvalue weighted by molar-refractivity contribution is 5.80.